The second-order valence-corrected chi connectivity index (χ2v) is 4.45. The third kappa shape index (κ3) is 2.29. The number of nitrogens with one attached hydrogen (secondary N) is 1. The Hall–Kier alpha value is -1.67. The van der Waals surface area contributed by atoms with Crippen molar-refractivity contribution in [2.45, 2.75) is 18.4 Å². The van der Waals surface area contributed by atoms with Crippen molar-refractivity contribution in [2.24, 2.45) is 5.92 Å². The van der Waals surface area contributed by atoms with E-state index in [4.69, 9.17) is 4.74 Å². The van der Waals surface area contributed by atoms with Gasteiger partial charge >= 0.3 is 0 Å². The summed E-state index contributed by atoms with van der Waals surface area (Å²) in [6.07, 6.45) is 1.86. The van der Waals surface area contributed by atoms with Gasteiger partial charge in [-0.05, 0) is 37.9 Å². The molecule has 1 aromatic rings. The Kier molecular flexibility index (Phi) is 3.48. The lowest BCUT2D eigenvalue weighted by Crippen LogP contribution is -2.49. The molecule has 0 saturated heterocycles. The quantitative estimate of drug-likeness (QED) is 0.874. The van der Waals surface area contributed by atoms with Gasteiger partial charge in [-0.2, -0.15) is 5.26 Å². The number of nitrogens with zero attached hydrogens (tertiary/aromatic N) is 1. The number of ether oxygens (including phenoxy) is 1. The van der Waals surface area contributed by atoms with Gasteiger partial charge in [-0.3, -0.25) is 5.32 Å². The average Bonchev–Trinajstić information content (AvgIpc) is 3.19. The molecule has 0 amide bonds. The van der Waals surface area contributed by atoms with Crippen LogP contribution >= 0.6 is 0 Å². The van der Waals surface area contributed by atoms with E-state index in [1.807, 2.05) is 0 Å². The third-order valence-corrected chi connectivity index (χ3v) is 3.28. The zero-order valence-corrected chi connectivity index (χ0v) is 10.0. The number of rotatable bonds is 5. The highest BCUT2D eigenvalue weighted by molar-refractivity contribution is 5.27. The van der Waals surface area contributed by atoms with Crippen LogP contribution in [-0.2, 0) is 0 Å². The standard InChI is InChI=1S/C13H14F2N2O/c1-17-13(7-16,9-5-6-9)8-18-12-10(14)3-2-4-11(12)15/h2-4,9,17H,5-6,8H2,1H3. The predicted octanol–water partition coefficient (Wildman–Crippen LogP) is 2.24. The van der Waals surface area contributed by atoms with Crippen molar-refractivity contribution in [3.8, 4) is 11.8 Å². The topological polar surface area (TPSA) is 45.0 Å². The lowest BCUT2D eigenvalue weighted by atomic mass is 9.96. The number of hydrogen-bond donors (Lipinski definition) is 1. The molecule has 2 rings (SSSR count). The molecule has 3 nitrogen and oxygen atoms in total. The molecular formula is C13H14F2N2O. The Balaban J connectivity index is 2.13. The first kappa shape index (κ1) is 12.8. The Morgan fingerprint density at radius 1 is 1.44 bits per heavy atom. The van der Waals surface area contributed by atoms with Crippen molar-refractivity contribution in [1.29, 1.82) is 5.26 Å². The minimum atomic E-state index is -0.866. The van der Waals surface area contributed by atoms with E-state index in [-0.39, 0.29) is 12.5 Å². The van der Waals surface area contributed by atoms with Gasteiger partial charge in [0, 0.05) is 0 Å². The number of nitriles is 1. The Morgan fingerprint density at radius 2 is 2.06 bits per heavy atom. The first-order valence-electron chi connectivity index (χ1n) is 5.80. The molecule has 1 aliphatic carbocycles. The van der Waals surface area contributed by atoms with E-state index in [0.717, 1.165) is 25.0 Å². The molecule has 96 valence electrons. The molecule has 18 heavy (non-hydrogen) atoms. The van der Waals surface area contributed by atoms with Crippen molar-refractivity contribution in [2.75, 3.05) is 13.7 Å². The highest BCUT2D eigenvalue weighted by atomic mass is 19.1. The monoisotopic (exact) mass is 252 g/mol. The maximum atomic E-state index is 13.4. The van der Waals surface area contributed by atoms with E-state index in [9.17, 15) is 14.0 Å². The van der Waals surface area contributed by atoms with Crippen molar-refractivity contribution in [3.63, 3.8) is 0 Å². The van der Waals surface area contributed by atoms with Gasteiger partial charge in [0.2, 0.25) is 0 Å². The molecule has 0 spiro atoms. The molecule has 0 bridgehead atoms. The van der Waals surface area contributed by atoms with E-state index < -0.39 is 22.9 Å². The van der Waals surface area contributed by atoms with Crippen LogP contribution < -0.4 is 10.1 Å². The van der Waals surface area contributed by atoms with Crippen molar-refractivity contribution in [1.82, 2.24) is 5.32 Å². The molecule has 0 aromatic heterocycles. The summed E-state index contributed by atoms with van der Waals surface area (Å²) in [5.74, 6) is -1.75. The van der Waals surface area contributed by atoms with Crippen LogP contribution in [0, 0.1) is 28.9 Å². The van der Waals surface area contributed by atoms with E-state index in [0.29, 0.717) is 0 Å². The van der Waals surface area contributed by atoms with Crippen LogP contribution in [0.3, 0.4) is 0 Å². The van der Waals surface area contributed by atoms with Crippen molar-refractivity contribution >= 4 is 0 Å². The summed E-state index contributed by atoms with van der Waals surface area (Å²) in [4.78, 5) is 0. The molecule has 0 heterocycles. The van der Waals surface area contributed by atoms with Gasteiger partial charge in [-0.1, -0.05) is 6.07 Å². The maximum absolute atomic E-state index is 13.4. The van der Waals surface area contributed by atoms with Crippen molar-refractivity contribution < 1.29 is 13.5 Å². The number of benzene rings is 1. The minimum Gasteiger partial charge on any atom is -0.484 e. The van der Waals surface area contributed by atoms with Crippen LogP contribution in [0.5, 0.6) is 5.75 Å². The second kappa shape index (κ2) is 4.91. The first-order valence-corrected chi connectivity index (χ1v) is 5.80. The molecule has 0 aliphatic heterocycles. The van der Waals surface area contributed by atoms with Crippen molar-refractivity contribution in [3.05, 3.63) is 29.8 Å². The number of likely N-dealkylation sites (N-methyl/N-ethyl adjacent to an activating group) is 1. The van der Waals surface area contributed by atoms with Gasteiger partial charge < -0.3 is 4.74 Å². The largest absolute Gasteiger partial charge is 0.484 e. The molecule has 5 heteroatoms. The van der Waals surface area contributed by atoms with E-state index in [1.165, 1.54) is 6.07 Å². The maximum Gasteiger partial charge on any atom is 0.190 e. The molecule has 1 aromatic carbocycles. The zero-order valence-electron chi connectivity index (χ0n) is 10.0. The first-order chi connectivity index (χ1) is 8.63. The molecule has 1 unspecified atom stereocenters. The molecule has 0 radical (unpaired) electrons. The molecule has 1 saturated carbocycles. The molecule has 1 atom stereocenters. The van der Waals surface area contributed by atoms with Gasteiger partial charge in [0.25, 0.3) is 0 Å². The number of halogens is 2. The van der Waals surface area contributed by atoms with Gasteiger partial charge in [0.15, 0.2) is 17.4 Å². The molecule has 1 aliphatic rings. The molecule has 1 fully saturated rings. The Labute approximate surface area is 104 Å². The van der Waals surface area contributed by atoms with Crippen LogP contribution in [-0.4, -0.2) is 19.2 Å². The fourth-order valence-corrected chi connectivity index (χ4v) is 1.96. The Bertz CT molecular complexity index is 462. The van der Waals surface area contributed by atoms with Crippen LogP contribution in [0.1, 0.15) is 12.8 Å². The van der Waals surface area contributed by atoms with Gasteiger partial charge in [0.1, 0.15) is 12.1 Å². The summed E-state index contributed by atoms with van der Waals surface area (Å²) in [5.41, 5.74) is -0.866. The number of hydrogen-bond acceptors (Lipinski definition) is 3. The Morgan fingerprint density at radius 3 is 2.50 bits per heavy atom. The molecule has 1 N–H and O–H groups in total. The normalized spacial score (nSPS) is 17.9. The van der Waals surface area contributed by atoms with Crippen LogP contribution in [0.25, 0.3) is 0 Å². The SMILES string of the molecule is CNC(C#N)(COc1c(F)cccc1F)C1CC1. The third-order valence-electron chi connectivity index (χ3n) is 3.28. The lowest BCUT2D eigenvalue weighted by Gasteiger charge is -2.26. The summed E-state index contributed by atoms with van der Waals surface area (Å²) in [7, 11) is 1.66. The van der Waals surface area contributed by atoms with E-state index >= 15 is 0 Å². The summed E-state index contributed by atoms with van der Waals surface area (Å²) in [6.45, 7) is -0.0669. The summed E-state index contributed by atoms with van der Waals surface area (Å²) < 4.78 is 31.9. The fraction of sp³-hybridized carbons (Fsp3) is 0.462. The van der Waals surface area contributed by atoms with Crippen LogP contribution in [0.2, 0.25) is 0 Å². The van der Waals surface area contributed by atoms with Gasteiger partial charge in [-0.15, -0.1) is 0 Å². The highest BCUT2D eigenvalue weighted by Gasteiger charge is 2.45. The highest BCUT2D eigenvalue weighted by Crippen LogP contribution is 2.39. The molecular weight excluding hydrogens is 238 g/mol. The van der Waals surface area contributed by atoms with E-state index in [1.54, 1.807) is 7.05 Å². The second-order valence-electron chi connectivity index (χ2n) is 4.45. The number of para-hydroxylation sites is 1. The zero-order chi connectivity index (χ0) is 13.2. The lowest BCUT2D eigenvalue weighted by molar-refractivity contribution is 0.196. The van der Waals surface area contributed by atoms with Crippen LogP contribution in [0.15, 0.2) is 18.2 Å². The average molecular weight is 252 g/mol. The van der Waals surface area contributed by atoms with Gasteiger partial charge in [-0.25, -0.2) is 8.78 Å². The summed E-state index contributed by atoms with van der Waals surface area (Å²) in [5, 5.41) is 12.1. The minimum absolute atomic E-state index is 0.0669. The summed E-state index contributed by atoms with van der Waals surface area (Å²) in [6, 6.07) is 5.68. The van der Waals surface area contributed by atoms with Crippen LogP contribution in [0.4, 0.5) is 8.78 Å². The predicted molar refractivity (Wildman–Crippen MR) is 62.0 cm³/mol. The smallest absolute Gasteiger partial charge is 0.190 e. The van der Waals surface area contributed by atoms with Gasteiger partial charge in [0.05, 0.1) is 6.07 Å². The summed E-state index contributed by atoms with van der Waals surface area (Å²) >= 11 is 0. The van der Waals surface area contributed by atoms with E-state index in [2.05, 4.69) is 11.4 Å². The fourth-order valence-electron chi connectivity index (χ4n) is 1.96.